The summed E-state index contributed by atoms with van der Waals surface area (Å²) in [6.45, 7) is 9.11. The predicted molar refractivity (Wildman–Crippen MR) is 72.9 cm³/mol. The van der Waals surface area contributed by atoms with Gasteiger partial charge in [0.05, 0.1) is 0 Å². The van der Waals surface area contributed by atoms with Crippen LogP contribution in [-0.2, 0) is 4.74 Å². The summed E-state index contributed by atoms with van der Waals surface area (Å²) in [5, 5.41) is 17.1. The smallest absolute Gasteiger partial charge is 0.104 e. The lowest BCUT2D eigenvalue weighted by atomic mass is 10.6. The Bertz CT molecular complexity index is 103. The lowest BCUT2D eigenvalue weighted by Gasteiger charge is -2.11. The molecule has 0 aromatic rings. The molecule has 0 aliphatic rings. The van der Waals surface area contributed by atoms with E-state index in [1.165, 1.54) is 0 Å². The van der Waals surface area contributed by atoms with E-state index in [1.54, 1.807) is 23.6 Å². The highest BCUT2D eigenvalue weighted by Gasteiger charge is 1.92. The van der Waals surface area contributed by atoms with Crippen LogP contribution in [0.25, 0.3) is 0 Å². The van der Waals surface area contributed by atoms with Crippen LogP contribution in [0.15, 0.2) is 0 Å². The monoisotopic (exact) mass is 252 g/mol. The van der Waals surface area contributed by atoms with Crippen LogP contribution in [0, 0.1) is 0 Å². The van der Waals surface area contributed by atoms with Crippen LogP contribution < -0.4 is 0 Å². The number of ether oxygens (including phenoxy) is 1. The Hall–Kier alpha value is -0.200. The van der Waals surface area contributed by atoms with E-state index in [-0.39, 0.29) is 12.5 Å². The first kappa shape index (κ1) is 22.0. The van der Waals surface area contributed by atoms with E-state index in [0.717, 1.165) is 13.2 Å². The molecular formula is C12H32N2O3. The molecule has 17 heavy (non-hydrogen) atoms. The molecular weight excluding hydrogens is 220 g/mol. The number of aliphatic hydroxyl groups excluding tert-OH is 2. The molecule has 0 aromatic heterocycles. The van der Waals surface area contributed by atoms with Crippen molar-refractivity contribution >= 4 is 0 Å². The minimum absolute atomic E-state index is 0.315. The van der Waals surface area contributed by atoms with Crippen molar-refractivity contribution in [3.8, 4) is 0 Å². The average molecular weight is 252 g/mol. The zero-order valence-electron chi connectivity index (χ0n) is 12.8. The van der Waals surface area contributed by atoms with Crippen LogP contribution in [-0.4, -0.2) is 73.9 Å². The summed E-state index contributed by atoms with van der Waals surface area (Å²) in [5.41, 5.74) is 0. The standard InChI is InChI=1S/2C4H11NO.C4H10O/c2*1-4(6)5(2)3;1-3-5-4-2/h2*4,6H,1-3H3;3-4H2,1-2H3. The van der Waals surface area contributed by atoms with Crippen LogP contribution in [0.5, 0.6) is 0 Å². The van der Waals surface area contributed by atoms with Crippen LogP contribution in [0.3, 0.4) is 0 Å². The lowest BCUT2D eigenvalue weighted by molar-refractivity contribution is 0.0576. The summed E-state index contributed by atoms with van der Waals surface area (Å²) in [6, 6.07) is 0. The van der Waals surface area contributed by atoms with Crippen molar-refractivity contribution in [3.05, 3.63) is 0 Å². The minimum Gasteiger partial charge on any atom is -0.382 e. The van der Waals surface area contributed by atoms with Crippen LogP contribution in [0.1, 0.15) is 27.7 Å². The molecule has 0 bridgehead atoms. The van der Waals surface area contributed by atoms with E-state index >= 15 is 0 Å². The van der Waals surface area contributed by atoms with Gasteiger partial charge in [-0.2, -0.15) is 0 Å². The molecule has 2 unspecified atom stereocenters. The highest BCUT2D eigenvalue weighted by atomic mass is 16.5. The van der Waals surface area contributed by atoms with Crippen molar-refractivity contribution in [2.75, 3.05) is 41.4 Å². The van der Waals surface area contributed by atoms with Gasteiger partial charge in [0.15, 0.2) is 0 Å². The first-order chi connectivity index (χ1) is 7.70. The van der Waals surface area contributed by atoms with Gasteiger partial charge in [0.2, 0.25) is 0 Å². The van der Waals surface area contributed by atoms with Gasteiger partial charge in [0.1, 0.15) is 12.5 Å². The molecule has 0 saturated carbocycles. The highest BCUT2D eigenvalue weighted by molar-refractivity contribution is 4.36. The van der Waals surface area contributed by atoms with Crippen LogP contribution in [0.4, 0.5) is 0 Å². The molecule has 0 spiro atoms. The molecule has 5 nitrogen and oxygen atoms in total. The molecule has 0 amide bonds. The summed E-state index contributed by atoms with van der Waals surface area (Å²) in [7, 11) is 7.30. The van der Waals surface area contributed by atoms with Crippen molar-refractivity contribution in [2.24, 2.45) is 0 Å². The van der Waals surface area contributed by atoms with Gasteiger partial charge in [-0.15, -0.1) is 0 Å². The van der Waals surface area contributed by atoms with Crippen molar-refractivity contribution in [1.82, 2.24) is 9.80 Å². The van der Waals surface area contributed by atoms with Gasteiger partial charge in [0.25, 0.3) is 0 Å². The van der Waals surface area contributed by atoms with E-state index in [2.05, 4.69) is 0 Å². The maximum atomic E-state index is 8.56. The maximum Gasteiger partial charge on any atom is 0.104 e. The van der Waals surface area contributed by atoms with E-state index in [0.29, 0.717) is 0 Å². The Labute approximate surface area is 107 Å². The third-order valence-electron chi connectivity index (χ3n) is 1.90. The average Bonchev–Trinajstić information content (AvgIpc) is 2.20. The van der Waals surface area contributed by atoms with E-state index in [4.69, 9.17) is 14.9 Å². The van der Waals surface area contributed by atoms with Crippen molar-refractivity contribution in [2.45, 2.75) is 40.2 Å². The van der Waals surface area contributed by atoms with Gasteiger partial charge in [-0.1, -0.05) is 0 Å². The van der Waals surface area contributed by atoms with Gasteiger partial charge in [0, 0.05) is 13.2 Å². The van der Waals surface area contributed by atoms with E-state index in [9.17, 15) is 0 Å². The first-order valence-electron chi connectivity index (χ1n) is 5.97. The molecule has 2 N–H and O–H groups in total. The second kappa shape index (κ2) is 15.8. The van der Waals surface area contributed by atoms with Crippen molar-refractivity contribution in [1.29, 1.82) is 0 Å². The molecule has 0 rings (SSSR count). The molecule has 0 radical (unpaired) electrons. The first-order valence-corrected chi connectivity index (χ1v) is 5.97. The van der Waals surface area contributed by atoms with Gasteiger partial charge in [-0.05, 0) is 55.9 Å². The number of rotatable bonds is 4. The van der Waals surface area contributed by atoms with Crippen LogP contribution >= 0.6 is 0 Å². The molecule has 0 aliphatic carbocycles. The van der Waals surface area contributed by atoms with Gasteiger partial charge in [-0.25, -0.2) is 0 Å². The number of nitrogens with zero attached hydrogens (tertiary/aromatic N) is 2. The Morgan fingerprint density at radius 1 is 0.824 bits per heavy atom. The second-order valence-corrected chi connectivity index (χ2v) is 3.97. The SMILES string of the molecule is CC(O)N(C)C.CC(O)N(C)C.CCOCC. The zero-order chi connectivity index (χ0) is 14.4. The fraction of sp³-hybridized carbons (Fsp3) is 1.00. The fourth-order valence-corrected chi connectivity index (χ4v) is 0.204. The third kappa shape index (κ3) is 31.3. The number of hydrogen-bond donors (Lipinski definition) is 2. The molecule has 0 fully saturated rings. The van der Waals surface area contributed by atoms with Gasteiger partial charge in [-0.3, -0.25) is 9.80 Å². The summed E-state index contributed by atoms with van der Waals surface area (Å²) >= 11 is 0. The summed E-state index contributed by atoms with van der Waals surface area (Å²) < 4.78 is 4.83. The van der Waals surface area contributed by atoms with Crippen molar-refractivity contribution in [3.63, 3.8) is 0 Å². The minimum atomic E-state index is -0.315. The van der Waals surface area contributed by atoms with Crippen LogP contribution in [0.2, 0.25) is 0 Å². The fourth-order valence-electron chi connectivity index (χ4n) is 0.204. The van der Waals surface area contributed by atoms with Crippen molar-refractivity contribution < 1.29 is 14.9 Å². The Morgan fingerprint density at radius 3 is 1.00 bits per heavy atom. The zero-order valence-corrected chi connectivity index (χ0v) is 12.8. The summed E-state index contributed by atoms with van der Waals surface area (Å²) in [4.78, 5) is 3.44. The number of aliphatic hydroxyl groups is 2. The maximum absolute atomic E-state index is 8.56. The number of hydrogen-bond acceptors (Lipinski definition) is 5. The normalized spacial score (nSPS) is 13.4. The highest BCUT2D eigenvalue weighted by Crippen LogP contribution is 1.80. The van der Waals surface area contributed by atoms with Gasteiger partial charge < -0.3 is 14.9 Å². The molecule has 0 aromatic carbocycles. The molecule has 0 saturated heterocycles. The van der Waals surface area contributed by atoms with Gasteiger partial charge >= 0.3 is 0 Å². The Kier molecular flexibility index (Phi) is 20.5. The predicted octanol–water partition coefficient (Wildman–Crippen LogP) is 0.815. The molecule has 2 atom stereocenters. The topological polar surface area (TPSA) is 56.2 Å². The quantitative estimate of drug-likeness (QED) is 0.725. The lowest BCUT2D eigenvalue weighted by Crippen LogP contribution is -2.23. The summed E-state index contributed by atoms with van der Waals surface area (Å²) in [6.07, 6.45) is -0.630. The molecule has 0 heterocycles. The largest absolute Gasteiger partial charge is 0.382 e. The Balaban J connectivity index is -0.000000174. The van der Waals surface area contributed by atoms with E-state index < -0.39 is 0 Å². The molecule has 5 heteroatoms. The van der Waals surface area contributed by atoms with E-state index in [1.807, 2.05) is 42.0 Å². The second-order valence-electron chi connectivity index (χ2n) is 3.97. The summed E-state index contributed by atoms with van der Waals surface area (Å²) in [5.74, 6) is 0. The third-order valence-corrected chi connectivity index (χ3v) is 1.90. The molecule has 0 aliphatic heterocycles. The molecule has 108 valence electrons. The Morgan fingerprint density at radius 2 is 1.00 bits per heavy atom.